The van der Waals surface area contributed by atoms with Crippen LogP contribution in [0, 0.1) is 0 Å². The number of nitrogens with one attached hydrogen (secondary N) is 1. The summed E-state index contributed by atoms with van der Waals surface area (Å²) in [5, 5.41) is 10.3. The Morgan fingerprint density at radius 3 is 2.26 bits per heavy atom. The lowest BCUT2D eigenvalue weighted by Crippen LogP contribution is -2.22. The minimum absolute atomic E-state index is 0.635. The molecule has 5 heteroatoms. The van der Waals surface area contributed by atoms with Gasteiger partial charge in [-0.25, -0.2) is 0 Å². The number of nitrogens with zero attached hydrogens (tertiary/aromatic N) is 2. The van der Waals surface area contributed by atoms with Gasteiger partial charge in [0.15, 0.2) is 0 Å². The number of benzene rings is 1. The summed E-state index contributed by atoms with van der Waals surface area (Å²) >= 11 is 8.87. The molecule has 0 heterocycles. The molecule has 1 aromatic rings. The summed E-state index contributed by atoms with van der Waals surface area (Å²) in [7, 11) is 1.99. The second-order valence-corrected chi connectivity index (χ2v) is 7.89. The van der Waals surface area contributed by atoms with Crippen LogP contribution in [0.5, 0.6) is 0 Å². The minimum Gasteiger partial charge on any atom is -0.319 e. The molecule has 0 aromatic heterocycles. The van der Waals surface area contributed by atoms with E-state index in [2.05, 4.69) is 84.3 Å². The lowest BCUT2D eigenvalue weighted by Gasteiger charge is -2.25. The van der Waals surface area contributed by atoms with E-state index in [0.717, 1.165) is 36.1 Å². The van der Waals surface area contributed by atoms with E-state index in [-0.39, 0.29) is 0 Å². The molecule has 0 fully saturated rings. The summed E-state index contributed by atoms with van der Waals surface area (Å²) < 4.78 is 1.12. The number of hydrazone groups is 1. The van der Waals surface area contributed by atoms with Crippen LogP contribution in [-0.2, 0) is 6.54 Å². The highest BCUT2D eigenvalue weighted by Crippen LogP contribution is 2.23. The van der Waals surface area contributed by atoms with Crippen molar-refractivity contribution in [3.63, 3.8) is 0 Å². The van der Waals surface area contributed by atoms with Crippen molar-refractivity contribution >= 4 is 33.2 Å². The maximum atomic E-state index is 5.21. The first kappa shape index (κ1) is 31.8. The Kier molecular flexibility index (Phi) is 22.4. The molecular formula is C26H43BrClN3. The van der Waals surface area contributed by atoms with E-state index in [1.54, 1.807) is 0 Å². The van der Waals surface area contributed by atoms with Gasteiger partial charge in [-0.15, -0.1) is 11.6 Å². The lowest BCUT2D eigenvalue weighted by atomic mass is 10.1. The zero-order valence-electron chi connectivity index (χ0n) is 20.8. The summed E-state index contributed by atoms with van der Waals surface area (Å²) in [4.78, 5) is 0. The molecule has 176 valence electrons. The van der Waals surface area contributed by atoms with E-state index in [0.29, 0.717) is 5.88 Å². The fourth-order valence-corrected chi connectivity index (χ4v) is 3.05. The molecule has 0 aliphatic rings. The third kappa shape index (κ3) is 16.0. The van der Waals surface area contributed by atoms with E-state index >= 15 is 0 Å². The van der Waals surface area contributed by atoms with Gasteiger partial charge in [-0.2, -0.15) is 5.10 Å². The minimum atomic E-state index is 0.635. The fraction of sp³-hybridized carbons (Fsp3) is 0.500. The molecule has 1 N–H and O–H groups in total. The van der Waals surface area contributed by atoms with E-state index < -0.39 is 0 Å². The predicted octanol–water partition coefficient (Wildman–Crippen LogP) is 8.32. The molecule has 0 spiro atoms. The lowest BCUT2D eigenvalue weighted by molar-refractivity contribution is 0.337. The molecule has 1 aromatic carbocycles. The van der Waals surface area contributed by atoms with Gasteiger partial charge < -0.3 is 5.32 Å². The van der Waals surface area contributed by atoms with E-state index in [1.165, 1.54) is 16.8 Å². The average Bonchev–Trinajstić information content (AvgIpc) is 2.76. The van der Waals surface area contributed by atoms with Gasteiger partial charge in [-0.05, 0) is 58.9 Å². The summed E-state index contributed by atoms with van der Waals surface area (Å²) in [6.07, 6.45) is 10.0. The molecule has 0 aliphatic carbocycles. The normalized spacial score (nSPS) is 11.0. The Balaban J connectivity index is 0. The SMILES string of the molecule is C/C=C\CCl.CC.CC/C=C/C(C)=N/N(Cc1ccccc1Br)C(CCNC)=C(C)C. The van der Waals surface area contributed by atoms with Gasteiger partial charge >= 0.3 is 0 Å². The van der Waals surface area contributed by atoms with Crippen molar-refractivity contribution in [3.8, 4) is 0 Å². The quantitative estimate of drug-likeness (QED) is 0.148. The first-order valence-electron chi connectivity index (χ1n) is 11.1. The highest BCUT2D eigenvalue weighted by atomic mass is 79.9. The smallest absolute Gasteiger partial charge is 0.0673 e. The van der Waals surface area contributed by atoms with Crippen LogP contribution in [-0.4, -0.2) is 30.2 Å². The molecule has 0 bridgehead atoms. The third-order valence-electron chi connectivity index (χ3n) is 3.98. The monoisotopic (exact) mass is 511 g/mol. The van der Waals surface area contributed by atoms with Crippen LogP contribution in [0.15, 0.2) is 69.4 Å². The van der Waals surface area contributed by atoms with Gasteiger partial charge in [0, 0.05) is 29.0 Å². The van der Waals surface area contributed by atoms with Crippen LogP contribution in [0.1, 0.15) is 66.9 Å². The Morgan fingerprint density at radius 2 is 1.81 bits per heavy atom. The summed E-state index contributed by atoms with van der Waals surface area (Å²) in [5.74, 6) is 0.635. The molecule has 31 heavy (non-hydrogen) atoms. The molecule has 0 saturated carbocycles. The van der Waals surface area contributed by atoms with Crippen LogP contribution >= 0.6 is 27.5 Å². The van der Waals surface area contributed by atoms with Gasteiger partial charge in [-0.3, -0.25) is 5.01 Å². The highest BCUT2D eigenvalue weighted by molar-refractivity contribution is 9.10. The Labute approximate surface area is 205 Å². The molecule has 0 radical (unpaired) electrons. The first-order chi connectivity index (χ1) is 14.9. The number of alkyl halides is 1. The number of rotatable bonds is 10. The average molecular weight is 513 g/mol. The van der Waals surface area contributed by atoms with E-state index in [9.17, 15) is 0 Å². The first-order valence-corrected chi connectivity index (χ1v) is 12.4. The van der Waals surface area contributed by atoms with Crippen molar-refractivity contribution in [2.24, 2.45) is 5.10 Å². The molecule has 0 aliphatic heterocycles. The second-order valence-electron chi connectivity index (χ2n) is 6.72. The standard InChI is InChI=1S/C20H30BrN3.C4H7Cl.C2H6/c1-6-7-10-17(4)23-24(20(16(2)3)13-14-22-5)15-18-11-8-9-12-19(18)21;1-2-3-4-5;1-2/h7-12,22H,6,13-15H2,1-5H3;2-3H,4H2,1H3;1-2H3/b10-7+,23-17+;3-2-;. The Morgan fingerprint density at radius 1 is 1.16 bits per heavy atom. The van der Waals surface area contributed by atoms with Crippen molar-refractivity contribution in [1.29, 1.82) is 0 Å². The molecule has 0 atom stereocenters. The van der Waals surface area contributed by atoms with Crippen LogP contribution in [0.4, 0.5) is 0 Å². The summed E-state index contributed by atoms with van der Waals surface area (Å²) in [5.41, 5.74) is 4.82. The largest absolute Gasteiger partial charge is 0.319 e. The number of hydrogen-bond acceptors (Lipinski definition) is 3. The molecule has 0 unspecified atom stereocenters. The van der Waals surface area contributed by atoms with Gasteiger partial charge in [0.2, 0.25) is 0 Å². The summed E-state index contributed by atoms with van der Waals surface area (Å²) in [6.45, 7) is 16.1. The van der Waals surface area contributed by atoms with Gasteiger partial charge in [0.05, 0.1) is 12.3 Å². The van der Waals surface area contributed by atoms with Gasteiger partial charge in [-0.1, -0.05) is 78.7 Å². The Hall–Kier alpha value is -1.36. The van der Waals surface area contributed by atoms with Crippen LogP contribution in [0.3, 0.4) is 0 Å². The molecule has 0 saturated heterocycles. The van der Waals surface area contributed by atoms with Crippen molar-refractivity contribution < 1.29 is 0 Å². The highest BCUT2D eigenvalue weighted by Gasteiger charge is 2.13. The molecule has 0 amide bonds. The second kappa shape index (κ2) is 21.9. The van der Waals surface area contributed by atoms with Crippen molar-refractivity contribution in [1.82, 2.24) is 10.3 Å². The van der Waals surface area contributed by atoms with Crippen LogP contribution in [0.2, 0.25) is 0 Å². The van der Waals surface area contributed by atoms with E-state index in [4.69, 9.17) is 16.7 Å². The zero-order valence-corrected chi connectivity index (χ0v) is 23.1. The maximum Gasteiger partial charge on any atom is 0.0673 e. The maximum absolute atomic E-state index is 5.21. The van der Waals surface area contributed by atoms with Crippen molar-refractivity contribution in [3.05, 3.63) is 69.9 Å². The van der Waals surface area contributed by atoms with Crippen molar-refractivity contribution in [2.75, 3.05) is 19.5 Å². The molecular weight excluding hydrogens is 470 g/mol. The van der Waals surface area contributed by atoms with Crippen molar-refractivity contribution in [2.45, 2.75) is 67.9 Å². The topological polar surface area (TPSA) is 27.6 Å². The van der Waals surface area contributed by atoms with Gasteiger partial charge in [0.1, 0.15) is 0 Å². The summed E-state index contributed by atoms with van der Waals surface area (Å²) in [6, 6.07) is 8.34. The third-order valence-corrected chi connectivity index (χ3v) is 4.93. The van der Waals surface area contributed by atoms with Gasteiger partial charge in [0.25, 0.3) is 0 Å². The van der Waals surface area contributed by atoms with Crippen LogP contribution in [0.25, 0.3) is 0 Å². The Bertz CT molecular complexity index is 690. The fourth-order valence-electron chi connectivity index (χ4n) is 2.46. The number of halogens is 2. The number of allylic oxidation sites excluding steroid dienone is 5. The van der Waals surface area contributed by atoms with Crippen LogP contribution < -0.4 is 5.32 Å². The number of hydrogen-bond donors (Lipinski definition) is 1. The van der Waals surface area contributed by atoms with E-state index in [1.807, 2.05) is 46.0 Å². The molecule has 3 nitrogen and oxygen atoms in total. The predicted molar refractivity (Wildman–Crippen MR) is 146 cm³/mol. The zero-order chi connectivity index (χ0) is 24.1. The molecule has 1 rings (SSSR count).